The largest absolute Gasteiger partial charge is 0.459 e. The minimum atomic E-state index is -0.837. The quantitative estimate of drug-likeness (QED) is 0.628. The maximum absolute atomic E-state index is 12.4. The van der Waals surface area contributed by atoms with Crippen molar-refractivity contribution in [2.24, 2.45) is 0 Å². The smallest absolute Gasteiger partial charge is 0.397 e. The Labute approximate surface area is 135 Å². The third-order valence-corrected chi connectivity index (χ3v) is 3.28. The highest BCUT2D eigenvalue weighted by Crippen LogP contribution is 2.11. The second-order valence-electron chi connectivity index (χ2n) is 5.19. The van der Waals surface area contributed by atoms with Crippen molar-refractivity contribution in [1.82, 2.24) is 9.88 Å². The first-order valence-corrected chi connectivity index (χ1v) is 7.51. The van der Waals surface area contributed by atoms with Gasteiger partial charge < -0.3 is 9.64 Å². The van der Waals surface area contributed by atoms with Crippen molar-refractivity contribution in [1.29, 1.82) is 0 Å². The van der Waals surface area contributed by atoms with Gasteiger partial charge in [0.2, 0.25) is 0 Å². The van der Waals surface area contributed by atoms with E-state index in [2.05, 4.69) is 4.98 Å². The number of hydrogen-bond acceptors (Lipinski definition) is 4. The number of carbonyl (C=O) groups is 2. The number of amides is 1. The molecule has 1 aromatic carbocycles. The van der Waals surface area contributed by atoms with Crippen LogP contribution in [0.5, 0.6) is 0 Å². The van der Waals surface area contributed by atoms with Crippen molar-refractivity contribution < 1.29 is 14.3 Å². The lowest BCUT2D eigenvalue weighted by molar-refractivity contribution is -0.160. The number of hydrogen-bond donors (Lipinski definition) is 0. The van der Waals surface area contributed by atoms with E-state index < -0.39 is 11.9 Å². The average molecular weight is 312 g/mol. The predicted molar refractivity (Wildman–Crippen MR) is 86.3 cm³/mol. The Morgan fingerprint density at radius 3 is 2.52 bits per heavy atom. The van der Waals surface area contributed by atoms with E-state index in [9.17, 15) is 9.59 Å². The summed E-state index contributed by atoms with van der Waals surface area (Å²) in [5, 5.41) is 0. The van der Waals surface area contributed by atoms with Crippen LogP contribution in [0, 0.1) is 6.92 Å². The molecule has 2 aromatic rings. The van der Waals surface area contributed by atoms with Gasteiger partial charge in [-0.25, -0.2) is 4.79 Å². The monoisotopic (exact) mass is 312 g/mol. The van der Waals surface area contributed by atoms with Crippen LogP contribution in [-0.2, 0) is 27.4 Å². The molecule has 1 heterocycles. The molecule has 2 rings (SSSR count). The van der Waals surface area contributed by atoms with Crippen molar-refractivity contribution in [3.8, 4) is 0 Å². The Bertz CT molecular complexity index is 671. The molecule has 5 heteroatoms. The Balaban J connectivity index is 2.20. The zero-order valence-electron chi connectivity index (χ0n) is 13.4. The third-order valence-electron chi connectivity index (χ3n) is 3.28. The fourth-order valence-electron chi connectivity index (χ4n) is 2.21. The number of aryl methyl sites for hydroxylation is 1. The van der Waals surface area contributed by atoms with Crippen molar-refractivity contribution in [2.75, 3.05) is 6.61 Å². The Hall–Kier alpha value is -2.69. The zero-order valence-corrected chi connectivity index (χ0v) is 13.4. The Kier molecular flexibility index (Phi) is 5.86. The van der Waals surface area contributed by atoms with Crippen LogP contribution < -0.4 is 0 Å². The van der Waals surface area contributed by atoms with Crippen LogP contribution in [-0.4, -0.2) is 28.4 Å². The molecule has 0 unspecified atom stereocenters. The van der Waals surface area contributed by atoms with Gasteiger partial charge in [-0.3, -0.25) is 9.78 Å². The molecule has 0 bridgehead atoms. The van der Waals surface area contributed by atoms with Gasteiger partial charge in [-0.2, -0.15) is 0 Å². The molecule has 0 saturated carbocycles. The number of esters is 1. The normalized spacial score (nSPS) is 10.2. The summed E-state index contributed by atoms with van der Waals surface area (Å²) in [7, 11) is 0. The molecule has 23 heavy (non-hydrogen) atoms. The zero-order chi connectivity index (χ0) is 16.7. The highest BCUT2D eigenvalue weighted by atomic mass is 16.5. The van der Waals surface area contributed by atoms with E-state index >= 15 is 0 Å². The van der Waals surface area contributed by atoms with Crippen molar-refractivity contribution in [2.45, 2.75) is 26.9 Å². The number of carbonyl (C=O) groups excluding carboxylic acids is 2. The van der Waals surface area contributed by atoms with Crippen molar-refractivity contribution >= 4 is 11.9 Å². The van der Waals surface area contributed by atoms with Gasteiger partial charge in [0.15, 0.2) is 0 Å². The Morgan fingerprint density at radius 2 is 1.87 bits per heavy atom. The maximum atomic E-state index is 12.4. The van der Waals surface area contributed by atoms with Crippen LogP contribution in [0.15, 0.2) is 48.7 Å². The number of ether oxygens (including phenoxy) is 1. The standard InChI is InChI=1S/C18H20N2O3/c1-3-23-18(22)17(21)20(12-15-7-5-4-6-8-15)13-16-11-14(2)9-10-19-16/h4-11H,3,12-13H2,1-2H3. The topological polar surface area (TPSA) is 59.5 Å². The molecule has 1 aromatic heterocycles. The number of rotatable bonds is 5. The molecule has 0 atom stereocenters. The number of aromatic nitrogens is 1. The minimum absolute atomic E-state index is 0.173. The molecule has 0 aliphatic rings. The van der Waals surface area contributed by atoms with Gasteiger partial charge in [-0.1, -0.05) is 30.3 Å². The summed E-state index contributed by atoms with van der Waals surface area (Å²) in [5.74, 6) is -1.49. The summed E-state index contributed by atoms with van der Waals surface area (Å²) in [4.78, 5) is 29.9. The lowest BCUT2D eigenvalue weighted by Gasteiger charge is -2.21. The van der Waals surface area contributed by atoms with Gasteiger partial charge in [-0.15, -0.1) is 0 Å². The fraction of sp³-hybridized carbons (Fsp3) is 0.278. The van der Waals surface area contributed by atoms with Gasteiger partial charge in [-0.05, 0) is 37.1 Å². The van der Waals surface area contributed by atoms with Crippen molar-refractivity contribution in [3.63, 3.8) is 0 Å². The second kappa shape index (κ2) is 8.08. The van der Waals surface area contributed by atoms with Gasteiger partial charge in [0.25, 0.3) is 0 Å². The Morgan fingerprint density at radius 1 is 1.13 bits per heavy atom. The van der Waals surface area contributed by atoms with Crippen LogP contribution in [0.2, 0.25) is 0 Å². The lowest BCUT2D eigenvalue weighted by Crippen LogP contribution is -2.37. The van der Waals surface area contributed by atoms with Gasteiger partial charge >= 0.3 is 11.9 Å². The van der Waals surface area contributed by atoms with E-state index in [0.717, 1.165) is 16.8 Å². The number of benzene rings is 1. The van der Waals surface area contributed by atoms with Crippen LogP contribution in [0.3, 0.4) is 0 Å². The summed E-state index contributed by atoms with van der Waals surface area (Å²) < 4.78 is 4.83. The van der Waals surface area contributed by atoms with Crippen LogP contribution in [0.1, 0.15) is 23.7 Å². The molecule has 1 amide bonds. The SMILES string of the molecule is CCOC(=O)C(=O)N(Cc1ccccc1)Cc1cc(C)ccn1. The van der Waals surface area contributed by atoms with E-state index in [-0.39, 0.29) is 13.2 Å². The first kappa shape index (κ1) is 16.7. The fourth-order valence-corrected chi connectivity index (χ4v) is 2.21. The van der Waals surface area contributed by atoms with Crippen LogP contribution >= 0.6 is 0 Å². The molecule has 0 N–H and O–H groups in total. The first-order chi connectivity index (χ1) is 11.1. The van der Waals surface area contributed by atoms with E-state index in [1.165, 1.54) is 4.90 Å². The van der Waals surface area contributed by atoms with E-state index in [4.69, 9.17) is 4.74 Å². The number of pyridine rings is 1. The van der Waals surface area contributed by atoms with E-state index in [0.29, 0.717) is 6.54 Å². The van der Waals surface area contributed by atoms with E-state index in [1.54, 1.807) is 13.1 Å². The highest BCUT2D eigenvalue weighted by molar-refractivity contribution is 6.32. The average Bonchev–Trinajstić information content (AvgIpc) is 2.55. The summed E-state index contributed by atoms with van der Waals surface area (Å²) in [5.41, 5.74) is 2.73. The predicted octanol–water partition coefficient (Wildman–Crippen LogP) is 2.48. The highest BCUT2D eigenvalue weighted by Gasteiger charge is 2.23. The molecule has 0 aliphatic carbocycles. The molecule has 0 saturated heterocycles. The molecule has 120 valence electrons. The second-order valence-corrected chi connectivity index (χ2v) is 5.19. The summed E-state index contributed by atoms with van der Waals surface area (Å²) >= 11 is 0. The lowest BCUT2D eigenvalue weighted by atomic mass is 10.2. The summed E-state index contributed by atoms with van der Waals surface area (Å²) in [6.07, 6.45) is 1.69. The van der Waals surface area contributed by atoms with Gasteiger partial charge in [0.05, 0.1) is 18.8 Å². The van der Waals surface area contributed by atoms with Crippen molar-refractivity contribution in [3.05, 3.63) is 65.5 Å². The summed E-state index contributed by atoms with van der Waals surface area (Å²) in [6.45, 7) is 4.39. The molecular formula is C18H20N2O3. The molecule has 0 aliphatic heterocycles. The van der Waals surface area contributed by atoms with Gasteiger partial charge in [0, 0.05) is 12.7 Å². The molecule has 0 spiro atoms. The first-order valence-electron chi connectivity index (χ1n) is 7.51. The third kappa shape index (κ3) is 4.92. The molecule has 0 radical (unpaired) electrons. The summed E-state index contributed by atoms with van der Waals surface area (Å²) in [6, 6.07) is 13.3. The minimum Gasteiger partial charge on any atom is -0.459 e. The van der Waals surface area contributed by atoms with Crippen LogP contribution in [0.4, 0.5) is 0 Å². The van der Waals surface area contributed by atoms with Crippen LogP contribution in [0.25, 0.3) is 0 Å². The number of nitrogens with zero attached hydrogens (tertiary/aromatic N) is 2. The van der Waals surface area contributed by atoms with E-state index in [1.807, 2.05) is 49.4 Å². The molecule has 5 nitrogen and oxygen atoms in total. The maximum Gasteiger partial charge on any atom is 0.397 e. The van der Waals surface area contributed by atoms with Gasteiger partial charge in [0.1, 0.15) is 0 Å². The molecular weight excluding hydrogens is 292 g/mol. The molecule has 0 fully saturated rings.